The van der Waals surface area contributed by atoms with Gasteiger partial charge in [0.15, 0.2) is 11.4 Å². The van der Waals surface area contributed by atoms with Crippen LogP contribution in [0.3, 0.4) is 0 Å². The fourth-order valence-electron chi connectivity index (χ4n) is 3.15. The number of para-hydroxylation sites is 1. The van der Waals surface area contributed by atoms with Gasteiger partial charge in [-0.1, -0.05) is 25.1 Å². The Balaban J connectivity index is 2.00. The summed E-state index contributed by atoms with van der Waals surface area (Å²) in [4.78, 5) is 17.0. The molecule has 0 saturated heterocycles. The highest BCUT2D eigenvalue weighted by atomic mass is 16.1. The molecule has 1 atom stereocenters. The lowest BCUT2D eigenvalue weighted by atomic mass is 9.86. The number of carbonyl (C=O) groups is 1. The average molecular weight is 292 g/mol. The molecular weight excluding hydrogens is 276 g/mol. The van der Waals surface area contributed by atoms with Crippen LogP contribution in [0, 0.1) is 5.92 Å². The topological polar surface area (TPSA) is 73.8 Å². The molecule has 2 N–H and O–H groups in total. The number of Topliss-reactive ketones (excluding diaryl/α,β-unsaturated/α-hetero) is 1. The van der Waals surface area contributed by atoms with Gasteiger partial charge in [0.2, 0.25) is 0 Å². The number of nitrogens with two attached hydrogens (primary N) is 1. The van der Waals surface area contributed by atoms with Crippen molar-refractivity contribution in [2.24, 2.45) is 5.92 Å². The Morgan fingerprint density at radius 2 is 2.00 bits per heavy atom. The summed E-state index contributed by atoms with van der Waals surface area (Å²) in [5, 5.41) is 5.15. The molecule has 0 spiro atoms. The maximum absolute atomic E-state index is 12.3. The third-order valence-corrected chi connectivity index (χ3v) is 4.19. The Morgan fingerprint density at radius 1 is 1.23 bits per heavy atom. The van der Waals surface area contributed by atoms with Crippen molar-refractivity contribution in [2.45, 2.75) is 19.8 Å². The Kier molecular flexibility index (Phi) is 2.76. The average Bonchev–Trinajstić information content (AvgIpc) is 2.91. The van der Waals surface area contributed by atoms with Crippen molar-refractivity contribution in [3.05, 3.63) is 47.8 Å². The van der Waals surface area contributed by atoms with E-state index in [0.717, 1.165) is 23.2 Å². The molecule has 0 bridgehead atoms. The minimum atomic E-state index is 0.0908. The van der Waals surface area contributed by atoms with E-state index >= 15 is 0 Å². The highest BCUT2D eigenvalue weighted by Crippen LogP contribution is 2.33. The summed E-state index contributed by atoms with van der Waals surface area (Å²) in [6.45, 7) is 2.07. The van der Waals surface area contributed by atoms with Crippen LogP contribution in [0.15, 0.2) is 36.5 Å². The molecule has 0 saturated carbocycles. The summed E-state index contributed by atoms with van der Waals surface area (Å²) >= 11 is 0. The molecule has 22 heavy (non-hydrogen) atoms. The Labute approximate surface area is 127 Å². The minimum Gasteiger partial charge on any atom is -0.397 e. The summed E-state index contributed by atoms with van der Waals surface area (Å²) < 4.78 is 1.77. The van der Waals surface area contributed by atoms with Gasteiger partial charge in [0.05, 0.1) is 34.2 Å². The van der Waals surface area contributed by atoms with Crippen molar-refractivity contribution in [3.63, 3.8) is 0 Å². The molecule has 2 heterocycles. The number of ketones is 1. The first-order valence-corrected chi connectivity index (χ1v) is 7.40. The van der Waals surface area contributed by atoms with Crippen molar-refractivity contribution >= 4 is 22.5 Å². The van der Waals surface area contributed by atoms with Gasteiger partial charge in [0.1, 0.15) is 0 Å². The number of hydrogen-bond donors (Lipinski definition) is 1. The number of pyridine rings is 1. The Bertz CT molecular complexity index is 883. The highest BCUT2D eigenvalue weighted by Gasteiger charge is 2.28. The molecule has 0 fully saturated rings. The van der Waals surface area contributed by atoms with Gasteiger partial charge < -0.3 is 5.73 Å². The quantitative estimate of drug-likeness (QED) is 0.748. The second kappa shape index (κ2) is 4.66. The van der Waals surface area contributed by atoms with Gasteiger partial charge in [0.25, 0.3) is 0 Å². The fraction of sp³-hybridized carbons (Fsp3) is 0.235. The molecule has 1 aromatic carbocycles. The van der Waals surface area contributed by atoms with E-state index < -0.39 is 0 Å². The largest absolute Gasteiger partial charge is 0.397 e. The lowest BCUT2D eigenvalue weighted by Gasteiger charge is -2.21. The molecule has 110 valence electrons. The summed E-state index contributed by atoms with van der Waals surface area (Å²) in [6.07, 6.45) is 3.01. The maximum atomic E-state index is 12.3. The standard InChI is InChI=1S/C17H16N4O/c1-10-7-13-15(14(22)8-10)16(18)12-9-19-21(17(12)20-13)11-5-3-2-4-6-11/h2-6,9-10H,7-8H2,1H3,(H2,18,20)/t10-/m1/s1. The van der Waals surface area contributed by atoms with E-state index in [4.69, 9.17) is 10.7 Å². The van der Waals surface area contributed by atoms with Gasteiger partial charge in [-0.2, -0.15) is 5.10 Å². The molecule has 0 unspecified atom stereocenters. The van der Waals surface area contributed by atoms with E-state index in [1.807, 2.05) is 30.3 Å². The number of anilines is 1. The summed E-state index contributed by atoms with van der Waals surface area (Å²) in [7, 11) is 0. The molecule has 4 rings (SSSR count). The lowest BCUT2D eigenvalue weighted by molar-refractivity contribution is 0.0953. The predicted molar refractivity (Wildman–Crippen MR) is 85.1 cm³/mol. The number of benzene rings is 1. The molecule has 1 aliphatic carbocycles. The molecule has 5 heteroatoms. The second-order valence-electron chi connectivity index (χ2n) is 5.91. The van der Waals surface area contributed by atoms with E-state index in [9.17, 15) is 4.79 Å². The molecule has 5 nitrogen and oxygen atoms in total. The van der Waals surface area contributed by atoms with Crippen molar-refractivity contribution in [1.82, 2.24) is 14.8 Å². The van der Waals surface area contributed by atoms with Gasteiger partial charge in [-0.25, -0.2) is 9.67 Å². The van der Waals surface area contributed by atoms with Crippen molar-refractivity contribution in [2.75, 3.05) is 5.73 Å². The van der Waals surface area contributed by atoms with Gasteiger partial charge in [-0.05, 0) is 24.5 Å². The van der Waals surface area contributed by atoms with Crippen LogP contribution in [0.5, 0.6) is 0 Å². The zero-order valence-corrected chi connectivity index (χ0v) is 12.3. The molecule has 2 aromatic heterocycles. The van der Waals surface area contributed by atoms with Crippen LogP contribution in [0.4, 0.5) is 5.69 Å². The zero-order valence-electron chi connectivity index (χ0n) is 12.3. The molecule has 1 aliphatic rings. The number of nitrogen functional groups attached to an aromatic ring is 1. The van der Waals surface area contributed by atoms with Crippen molar-refractivity contribution < 1.29 is 4.79 Å². The molecule has 3 aromatic rings. The highest BCUT2D eigenvalue weighted by molar-refractivity contribution is 6.08. The van der Waals surface area contributed by atoms with E-state index in [1.165, 1.54) is 0 Å². The number of nitrogens with zero attached hydrogens (tertiary/aromatic N) is 3. The van der Waals surface area contributed by atoms with E-state index in [1.54, 1.807) is 10.9 Å². The van der Waals surface area contributed by atoms with Gasteiger partial charge in [-0.15, -0.1) is 0 Å². The Morgan fingerprint density at radius 3 is 2.77 bits per heavy atom. The monoisotopic (exact) mass is 292 g/mol. The van der Waals surface area contributed by atoms with Crippen LogP contribution >= 0.6 is 0 Å². The summed E-state index contributed by atoms with van der Waals surface area (Å²) in [6, 6.07) is 9.81. The maximum Gasteiger partial charge on any atom is 0.167 e. The van der Waals surface area contributed by atoms with Crippen LogP contribution in [-0.2, 0) is 6.42 Å². The number of carbonyl (C=O) groups excluding carboxylic acids is 1. The fourth-order valence-corrected chi connectivity index (χ4v) is 3.15. The van der Waals surface area contributed by atoms with Crippen LogP contribution in [0.2, 0.25) is 0 Å². The van der Waals surface area contributed by atoms with Crippen LogP contribution < -0.4 is 5.73 Å². The van der Waals surface area contributed by atoms with Crippen molar-refractivity contribution in [3.8, 4) is 5.69 Å². The first kappa shape index (κ1) is 13.0. The van der Waals surface area contributed by atoms with Crippen LogP contribution in [-0.4, -0.2) is 20.5 Å². The second-order valence-corrected chi connectivity index (χ2v) is 5.91. The zero-order chi connectivity index (χ0) is 15.3. The van der Waals surface area contributed by atoms with Crippen LogP contribution in [0.25, 0.3) is 16.7 Å². The van der Waals surface area contributed by atoms with E-state index in [0.29, 0.717) is 29.2 Å². The molecule has 0 aliphatic heterocycles. The SMILES string of the molecule is C[C@H]1CC(=O)c2c(nc3c(cnn3-c3ccccc3)c2N)C1. The minimum absolute atomic E-state index is 0.0908. The summed E-state index contributed by atoms with van der Waals surface area (Å²) in [5.41, 5.74) is 9.80. The number of rotatable bonds is 1. The van der Waals surface area contributed by atoms with E-state index in [-0.39, 0.29) is 5.78 Å². The number of aromatic nitrogens is 3. The molecule has 0 radical (unpaired) electrons. The van der Waals surface area contributed by atoms with E-state index in [2.05, 4.69) is 12.0 Å². The van der Waals surface area contributed by atoms with Crippen molar-refractivity contribution in [1.29, 1.82) is 0 Å². The van der Waals surface area contributed by atoms with Gasteiger partial charge >= 0.3 is 0 Å². The van der Waals surface area contributed by atoms with Gasteiger partial charge in [-0.3, -0.25) is 4.79 Å². The van der Waals surface area contributed by atoms with Crippen LogP contribution in [0.1, 0.15) is 29.4 Å². The third-order valence-electron chi connectivity index (χ3n) is 4.19. The Hall–Kier alpha value is -2.69. The number of hydrogen-bond acceptors (Lipinski definition) is 4. The molecular formula is C17H16N4O. The predicted octanol–water partition coefficient (Wildman–Crippen LogP) is 2.77. The smallest absolute Gasteiger partial charge is 0.167 e. The number of fused-ring (bicyclic) bond motifs is 2. The summed E-state index contributed by atoms with van der Waals surface area (Å²) in [5.74, 6) is 0.394. The lowest BCUT2D eigenvalue weighted by Crippen LogP contribution is -2.21. The first-order valence-electron chi connectivity index (χ1n) is 7.40. The van der Waals surface area contributed by atoms with Gasteiger partial charge in [0, 0.05) is 6.42 Å². The first-order chi connectivity index (χ1) is 10.6. The molecule has 0 amide bonds. The third kappa shape index (κ3) is 1.82. The normalized spacial score (nSPS) is 17.7.